The molecule has 1 aromatic rings. The first-order valence-corrected chi connectivity index (χ1v) is 6.79. The molecule has 1 rings (SSSR count). The number of thioether (sulfide) groups is 1. The van der Waals surface area contributed by atoms with Gasteiger partial charge in [-0.05, 0) is 36.4 Å². The van der Waals surface area contributed by atoms with Crippen LogP contribution in [-0.2, 0) is 6.42 Å². The van der Waals surface area contributed by atoms with E-state index < -0.39 is 0 Å². The molecule has 0 aliphatic heterocycles. The minimum Gasteiger partial charge on any atom is -0.271 e. The predicted octanol–water partition coefficient (Wildman–Crippen LogP) is 3.43. The van der Waals surface area contributed by atoms with Crippen molar-refractivity contribution >= 4 is 38.5 Å². The maximum atomic E-state index is 8.53. The number of hydrogen-bond donors (Lipinski definition) is 1. The Bertz CT molecular complexity index is 437. The van der Waals surface area contributed by atoms with Gasteiger partial charge in [0.1, 0.15) is 0 Å². The van der Waals surface area contributed by atoms with Crippen molar-refractivity contribution in [3.63, 3.8) is 0 Å². The second-order valence-electron chi connectivity index (χ2n) is 2.99. The van der Waals surface area contributed by atoms with Crippen LogP contribution in [0.15, 0.2) is 27.7 Å². The predicted molar refractivity (Wildman–Crippen MR) is 72.9 cm³/mol. The summed E-state index contributed by atoms with van der Waals surface area (Å²) in [4.78, 5) is 4.34. The van der Waals surface area contributed by atoms with Crippen LogP contribution in [0.25, 0.3) is 0 Å². The van der Waals surface area contributed by atoms with Crippen LogP contribution < -0.4 is 5.32 Å². The number of nitrogens with one attached hydrogen (secondary N) is 1. The van der Waals surface area contributed by atoms with Gasteiger partial charge in [-0.2, -0.15) is 5.26 Å². The molecule has 0 heterocycles. The average Bonchev–Trinajstić information content (AvgIpc) is 2.30. The Morgan fingerprint density at radius 2 is 2.38 bits per heavy atom. The highest BCUT2D eigenvalue weighted by atomic mass is 79.9. The van der Waals surface area contributed by atoms with Gasteiger partial charge < -0.3 is 0 Å². The zero-order valence-corrected chi connectivity index (χ0v) is 11.5. The van der Waals surface area contributed by atoms with Gasteiger partial charge in [0, 0.05) is 4.47 Å². The average molecular weight is 298 g/mol. The van der Waals surface area contributed by atoms with E-state index >= 15 is 0 Å². The largest absolute Gasteiger partial charge is 0.271 e. The number of halogens is 1. The van der Waals surface area contributed by atoms with E-state index in [0.717, 1.165) is 16.6 Å². The summed E-state index contributed by atoms with van der Waals surface area (Å²) in [6.07, 6.45) is 4.69. The molecule has 0 saturated heterocycles. The molecular weight excluding hydrogens is 286 g/mol. The van der Waals surface area contributed by atoms with Crippen LogP contribution in [0.1, 0.15) is 12.5 Å². The summed E-state index contributed by atoms with van der Waals surface area (Å²) in [7, 11) is 0. The van der Waals surface area contributed by atoms with E-state index in [-0.39, 0.29) is 0 Å². The fourth-order valence-electron chi connectivity index (χ4n) is 1.19. The highest BCUT2D eigenvalue weighted by Gasteiger charge is 2.00. The molecule has 3 nitrogen and oxygen atoms in total. The Morgan fingerprint density at radius 1 is 1.62 bits per heavy atom. The first kappa shape index (κ1) is 13.1. The van der Waals surface area contributed by atoms with Gasteiger partial charge in [0.05, 0.1) is 5.69 Å². The van der Waals surface area contributed by atoms with Gasteiger partial charge >= 0.3 is 0 Å². The molecule has 16 heavy (non-hydrogen) atoms. The summed E-state index contributed by atoms with van der Waals surface area (Å²) in [5.74, 6) is 0. The summed E-state index contributed by atoms with van der Waals surface area (Å²) in [5.41, 5.74) is 2.06. The number of nitriles is 1. The monoisotopic (exact) mass is 297 g/mol. The number of aliphatic imine (C=N–C) groups is 1. The van der Waals surface area contributed by atoms with E-state index in [0.29, 0.717) is 5.17 Å². The molecular formula is C11H12BrN3S. The molecule has 0 unspecified atom stereocenters. The van der Waals surface area contributed by atoms with Gasteiger partial charge in [-0.25, -0.2) is 4.99 Å². The van der Waals surface area contributed by atoms with Gasteiger partial charge in [0.15, 0.2) is 11.4 Å². The van der Waals surface area contributed by atoms with Crippen LogP contribution in [0.3, 0.4) is 0 Å². The van der Waals surface area contributed by atoms with Crippen molar-refractivity contribution in [3.05, 3.63) is 28.2 Å². The van der Waals surface area contributed by atoms with Gasteiger partial charge in [-0.3, -0.25) is 5.32 Å². The molecule has 84 valence electrons. The second kappa shape index (κ2) is 6.56. The van der Waals surface area contributed by atoms with E-state index in [1.165, 1.54) is 17.3 Å². The van der Waals surface area contributed by atoms with E-state index in [2.05, 4.69) is 33.2 Å². The lowest BCUT2D eigenvalue weighted by Gasteiger charge is -2.04. The maximum absolute atomic E-state index is 8.53. The summed E-state index contributed by atoms with van der Waals surface area (Å²) in [5, 5.41) is 11.7. The summed E-state index contributed by atoms with van der Waals surface area (Å²) >= 11 is 4.89. The van der Waals surface area contributed by atoms with Crippen molar-refractivity contribution in [1.29, 1.82) is 5.26 Å². The topological polar surface area (TPSA) is 48.2 Å². The number of benzene rings is 1. The number of hydrogen-bond acceptors (Lipinski definition) is 3. The molecule has 0 amide bonds. The van der Waals surface area contributed by atoms with Crippen LogP contribution in [0, 0.1) is 11.5 Å². The summed E-state index contributed by atoms with van der Waals surface area (Å²) in [6.45, 7) is 2.09. The lowest BCUT2D eigenvalue weighted by Crippen LogP contribution is -2.12. The minimum atomic E-state index is 0.604. The maximum Gasteiger partial charge on any atom is 0.183 e. The Hall–Kier alpha value is -0.990. The van der Waals surface area contributed by atoms with Crippen molar-refractivity contribution < 1.29 is 0 Å². The van der Waals surface area contributed by atoms with Crippen molar-refractivity contribution in [2.24, 2.45) is 4.99 Å². The van der Waals surface area contributed by atoms with Crippen molar-refractivity contribution in [3.8, 4) is 6.19 Å². The molecule has 0 radical (unpaired) electrons. The van der Waals surface area contributed by atoms with Crippen molar-refractivity contribution in [2.75, 3.05) is 6.26 Å². The second-order valence-corrected chi connectivity index (χ2v) is 4.64. The Morgan fingerprint density at radius 3 is 2.94 bits per heavy atom. The van der Waals surface area contributed by atoms with E-state index in [4.69, 9.17) is 5.26 Å². The first-order valence-electron chi connectivity index (χ1n) is 4.77. The van der Waals surface area contributed by atoms with Crippen LogP contribution >= 0.6 is 27.7 Å². The van der Waals surface area contributed by atoms with Crippen LogP contribution in [0.2, 0.25) is 0 Å². The molecule has 1 aromatic carbocycles. The fraction of sp³-hybridized carbons (Fsp3) is 0.273. The quantitative estimate of drug-likeness (QED) is 0.394. The van der Waals surface area contributed by atoms with Crippen molar-refractivity contribution in [2.45, 2.75) is 13.3 Å². The molecule has 5 heteroatoms. The van der Waals surface area contributed by atoms with Gasteiger partial charge in [-0.1, -0.05) is 34.6 Å². The number of aryl methyl sites for hydroxylation is 1. The van der Waals surface area contributed by atoms with Crippen LogP contribution in [0.4, 0.5) is 5.69 Å². The van der Waals surface area contributed by atoms with E-state index in [1.807, 2.05) is 30.6 Å². The van der Waals surface area contributed by atoms with Crippen LogP contribution in [-0.4, -0.2) is 11.4 Å². The highest BCUT2D eigenvalue weighted by molar-refractivity contribution is 9.10. The molecule has 0 bridgehead atoms. The smallest absolute Gasteiger partial charge is 0.183 e. The molecule has 0 aliphatic rings. The van der Waals surface area contributed by atoms with Gasteiger partial charge in [0.2, 0.25) is 0 Å². The van der Waals surface area contributed by atoms with Crippen molar-refractivity contribution in [1.82, 2.24) is 5.32 Å². The summed E-state index contributed by atoms with van der Waals surface area (Å²) < 4.78 is 1.09. The standard InChI is InChI=1S/C11H12BrN3S/c1-3-8-6-9(4-5-10(8)12)15-11(16-2)14-7-13/h4-6H,3H2,1-2H3,(H,14,15). The molecule has 0 fully saturated rings. The first-order chi connectivity index (χ1) is 7.71. The Balaban J connectivity index is 3.01. The van der Waals surface area contributed by atoms with Crippen LogP contribution in [0.5, 0.6) is 0 Å². The van der Waals surface area contributed by atoms with Gasteiger partial charge in [-0.15, -0.1) is 0 Å². The molecule has 0 atom stereocenters. The third kappa shape index (κ3) is 3.54. The Labute approximate surface area is 108 Å². The molecule has 0 aromatic heterocycles. The van der Waals surface area contributed by atoms with Gasteiger partial charge in [0.25, 0.3) is 0 Å². The fourth-order valence-corrected chi connectivity index (χ4v) is 2.06. The molecule has 0 spiro atoms. The zero-order valence-electron chi connectivity index (χ0n) is 9.12. The lowest BCUT2D eigenvalue weighted by atomic mass is 10.1. The number of amidine groups is 1. The van der Waals surface area contributed by atoms with E-state index in [1.54, 1.807) is 0 Å². The molecule has 0 aliphatic carbocycles. The number of rotatable bonds is 2. The lowest BCUT2D eigenvalue weighted by molar-refractivity contribution is 1.12. The molecule has 0 saturated carbocycles. The summed E-state index contributed by atoms with van der Waals surface area (Å²) in [6, 6.07) is 5.90. The number of nitrogens with zero attached hydrogens (tertiary/aromatic N) is 2. The Kier molecular flexibility index (Phi) is 5.36. The molecule has 1 N–H and O–H groups in total. The normalized spacial score (nSPS) is 11.0. The third-order valence-corrected chi connectivity index (χ3v) is 3.35. The minimum absolute atomic E-state index is 0.604. The van der Waals surface area contributed by atoms with E-state index in [9.17, 15) is 0 Å². The SMILES string of the molecule is CCc1cc(N=C(NC#N)SC)ccc1Br. The highest BCUT2D eigenvalue weighted by Crippen LogP contribution is 2.23. The zero-order chi connectivity index (χ0) is 12.0. The third-order valence-electron chi connectivity index (χ3n) is 2.00.